The molecule has 1 amide bonds. The number of H-pyrrole nitrogens is 1. The second-order valence-corrected chi connectivity index (χ2v) is 8.72. The summed E-state index contributed by atoms with van der Waals surface area (Å²) in [5, 5.41) is 12.7. The van der Waals surface area contributed by atoms with Crippen molar-refractivity contribution in [2.24, 2.45) is 5.92 Å². The number of benzene rings is 1. The lowest BCUT2D eigenvalue weighted by molar-refractivity contribution is -0.131. The first kappa shape index (κ1) is 18.3. The topological polar surface area (TPSA) is 79.7 Å². The molecule has 156 valence electrons. The molecule has 3 unspecified atom stereocenters. The van der Waals surface area contributed by atoms with E-state index in [0.717, 1.165) is 53.4 Å². The Morgan fingerprint density at radius 1 is 1.13 bits per heavy atom. The van der Waals surface area contributed by atoms with Gasteiger partial charge in [0, 0.05) is 54.1 Å². The van der Waals surface area contributed by atoms with Gasteiger partial charge in [-0.15, -0.1) is 0 Å². The van der Waals surface area contributed by atoms with E-state index >= 15 is 0 Å². The SMILES string of the molecule is O=C(Cc1cccnc1)N1C2CCC1C(Cn1ncc3cc(-c4cn[nH]c4)ccc31)C2. The molecule has 1 aromatic carbocycles. The molecule has 7 heteroatoms. The Morgan fingerprint density at radius 3 is 2.94 bits per heavy atom. The van der Waals surface area contributed by atoms with Crippen LogP contribution >= 0.6 is 0 Å². The van der Waals surface area contributed by atoms with Crippen molar-refractivity contribution in [3.8, 4) is 11.1 Å². The maximum absolute atomic E-state index is 13.1. The van der Waals surface area contributed by atoms with Gasteiger partial charge in [0.25, 0.3) is 0 Å². The average Bonchev–Trinajstić information content (AvgIpc) is 3.58. The molecule has 0 saturated carbocycles. The van der Waals surface area contributed by atoms with E-state index in [9.17, 15) is 4.79 Å². The van der Waals surface area contributed by atoms with Crippen molar-refractivity contribution in [1.29, 1.82) is 0 Å². The molecular weight excluding hydrogens is 388 g/mol. The summed E-state index contributed by atoms with van der Waals surface area (Å²) >= 11 is 0. The van der Waals surface area contributed by atoms with E-state index in [1.165, 1.54) is 0 Å². The molecule has 31 heavy (non-hydrogen) atoms. The zero-order chi connectivity index (χ0) is 20.8. The highest BCUT2D eigenvalue weighted by Crippen LogP contribution is 2.43. The Bertz CT molecular complexity index is 1220. The number of aromatic amines is 1. The molecule has 3 atom stereocenters. The second-order valence-electron chi connectivity index (χ2n) is 8.72. The van der Waals surface area contributed by atoms with Crippen molar-refractivity contribution in [2.45, 2.75) is 44.3 Å². The Balaban J connectivity index is 1.20. The first-order valence-corrected chi connectivity index (χ1v) is 10.9. The van der Waals surface area contributed by atoms with Crippen molar-refractivity contribution < 1.29 is 4.79 Å². The number of fused-ring (bicyclic) bond motifs is 3. The molecule has 1 N–H and O–H groups in total. The van der Waals surface area contributed by atoms with E-state index < -0.39 is 0 Å². The predicted octanol–water partition coefficient (Wildman–Crippen LogP) is 3.44. The van der Waals surface area contributed by atoms with Crippen LogP contribution in [-0.4, -0.2) is 47.9 Å². The van der Waals surface area contributed by atoms with Crippen molar-refractivity contribution >= 4 is 16.8 Å². The fourth-order valence-corrected chi connectivity index (χ4v) is 5.51. The summed E-state index contributed by atoms with van der Waals surface area (Å²) in [7, 11) is 0. The lowest BCUT2D eigenvalue weighted by Gasteiger charge is -2.25. The van der Waals surface area contributed by atoms with Gasteiger partial charge in [-0.1, -0.05) is 12.1 Å². The summed E-state index contributed by atoms with van der Waals surface area (Å²) in [5.74, 6) is 0.686. The number of hydrogen-bond donors (Lipinski definition) is 1. The maximum Gasteiger partial charge on any atom is 0.227 e. The van der Waals surface area contributed by atoms with Crippen LogP contribution in [-0.2, 0) is 17.8 Å². The standard InChI is InChI=1S/C24H24N6O/c31-24(8-16-2-1-7-25-11-16)30-21-4-6-23(30)19(10-21)15-29-22-5-3-17(9-18(22)14-28-29)20-12-26-27-13-20/h1-3,5,7,9,11-14,19,21,23H,4,6,8,10,15H2,(H,26,27). The zero-order valence-electron chi connectivity index (χ0n) is 17.2. The van der Waals surface area contributed by atoms with Gasteiger partial charge in [-0.3, -0.25) is 19.6 Å². The molecule has 2 fully saturated rings. The third-order valence-electron chi connectivity index (χ3n) is 6.91. The van der Waals surface area contributed by atoms with Crippen LogP contribution in [0.25, 0.3) is 22.0 Å². The number of pyridine rings is 1. The fourth-order valence-electron chi connectivity index (χ4n) is 5.51. The highest BCUT2D eigenvalue weighted by Gasteiger charge is 2.48. The van der Waals surface area contributed by atoms with E-state index in [2.05, 4.69) is 48.1 Å². The monoisotopic (exact) mass is 412 g/mol. The van der Waals surface area contributed by atoms with Gasteiger partial charge in [-0.05, 0) is 48.6 Å². The van der Waals surface area contributed by atoms with Crippen LogP contribution in [0.4, 0.5) is 0 Å². The number of nitrogens with zero attached hydrogens (tertiary/aromatic N) is 5. The summed E-state index contributed by atoms with van der Waals surface area (Å²) < 4.78 is 2.11. The van der Waals surface area contributed by atoms with Crippen LogP contribution < -0.4 is 0 Å². The molecule has 5 heterocycles. The number of rotatable bonds is 5. The largest absolute Gasteiger partial charge is 0.336 e. The molecule has 0 spiro atoms. The van der Waals surface area contributed by atoms with E-state index in [1.54, 1.807) is 12.4 Å². The minimum atomic E-state index is 0.234. The maximum atomic E-state index is 13.1. The van der Waals surface area contributed by atoms with Crippen LogP contribution in [0.5, 0.6) is 0 Å². The minimum absolute atomic E-state index is 0.234. The molecule has 7 nitrogen and oxygen atoms in total. The van der Waals surface area contributed by atoms with Gasteiger partial charge in [-0.25, -0.2) is 0 Å². The minimum Gasteiger partial charge on any atom is -0.336 e. The first-order chi connectivity index (χ1) is 15.3. The summed E-state index contributed by atoms with van der Waals surface area (Å²) in [5.41, 5.74) is 4.34. The molecule has 2 aliphatic heterocycles. The Kier molecular flexibility index (Phi) is 4.33. The van der Waals surface area contributed by atoms with Gasteiger partial charge in [0.1, 0.15) is 0 Å². The van der Waals surface area contributed by atoms with E-state index in [4.69, 9.17) is 0 Å². The molecule has 2 aliphatic rings. The van der Waals surface area contributed by atoms with E-state index in [-0.39, 0.29) is 5.91 Å². The number of amides is 1. The molecule has 3 aromatic heterocycles. The first-order valence-electron chi connectivity index (χ1n) is 10.9. The summed E-state index contributed by atoms with van der Waals surface area (Å²) in [6.07, 6.45) is 12.9. The number of carbonyl (C=O) groups excluding carboxylic acids is 1. The number of hydrogen-bond acceptors (Lipinski definition) is 4. The lowest BCUT2D eigenvalue weighted by atomic mass is 9.89. The van der Waals surface area contributed by atoms with Crippen LogP contribution in [0.3, 0.4) is 0 Å². The third-order valence-corrected chi connectivity index (χ3v) is 6.91. The van der Waals surface area contributed by atoms with E-state index in [1.807, 2.05) is 30.7 Å². The molecular formula is C24H24N6O. The Labute approximate surface area is 180 Å². The number of carbonyl (C=O) groups is 1. The molecule has 0 aliphatic carbocycles. The highest BCUT2D eigenvalue weighted by molar-refractivity contribution is 5.84. The normalized spacial score (nSPS) is 22.5. The molecule has 2 saturated heterocycles. The quantitative estimate of drug-likeness (QED) is 0.545. The fraction of sp³-hybridized carbons (Fsp3) is 0.333. The van der Waals surface area contributed by atoms with Gasteiger partial charge < -0.3 is 4.90 Å². The Morgan fingerprint density at radius 2 is 2.10 bits per heavy atom. The number of aromatic nitrogens is 5. The van der Waals surface area contributed by atoms with Crippen LogP contribution in [0.1, 0.15) is 24.8 Å². The van der Waals surface area contributed by atoms with Crippen molar-refractivity contribution in [3.63, 3.8) is 0 Å². The predicted molar refractivity (Wildman–Crippen MR) is 117 cm³/mol. The van der Waals surface area contributed by atoms with Crippen molar-refractivity contribution in [3.05, 3.63) is 66.9 Å². The van der Waals surface area contributed by atoms with Crippen molar-refractivity contribution in [2.75, 3.05) is 0 Å². The van der Waals surface area contributed by atoms with Crippen molar-refractivity contribution in [1.82, 2.24) is 29.9 Å². The van der Waals surface area contributed by atoms with Gasteiger partial charge in [0.15, 0.2) is 0 Å². The van der Waals surface area contributed by atoms with Gasteiger partial charge in [0.2, 0.25) is 5.91 Å². The summed E-state index contributed by atoms with van der Waals surface area (Å²) in [6.45, 7) is 0.854. The van der Waals surface area contributed by atoms with Gasteiger partial charge >= 0.3 is 0 Å². The second kappa shape index (κ2) is 7.34. The smallest absolute Gasteiger partial charge is 0.227 e. The molecule has 0 radical (unpaired) electrons. The number of nitrogens with one attached hydrogen (secondary N) is 1. The molecule has 4 aromatic rings. The van der Waals surface area contributed by atoms with Gasteiger partial charge in [-0.2, -0.15) is 10.2 Å². The molecule has 2 bridgehead atoms. The zero-order valence-corrected chi connectivity index (χ0v) is 17.2. The van der Waals surface area contributed by atoms with Gasteiger partial charge in [0.05, 0.1) is 24.3 Å². The average molecular weight is 412 g/mol. The van der Waals surface area contributed by atoms with Crippen LogP contribution in [0.15, 0.2) is 61.3 Å². The Hall–Kier alpha value is -3.48. The van der Waals surface area contributed by atoms with Crippen LogP contribution in [0.2, 0.25) is 0 Å². The third kappa shape index (κ3) is 3.21. The van der Waals surface area contributed by atoms with E-state index in [0.29, 0.717) is 24.4 Å². The van der Waals surface area contributed by atoms with Crippen LogP contribution in [0, 0.1) is 5.92 Å². The highest BCUT2D eigenvalue weighted by atomic mass is 16.2. The summed E-state index contributed by atoms with van der Waals surface area (Å²) in [6, 6.07) is 11.0. The molecule has 6 rings (SSSR count). The lowest BCUT2D eigenvalue weighted by Crippen LogP contribution is -2.38. The summed E-state index contributed by atoms with van der Waals surface area (Å²) in [4.78, 5) is 19.4.